The third kappa shape index (κ3) is 4.18. The summed E-state index contributed by atoms with van der Waals surface area (Å²) in [7, 11) is 0. The summed E-state index contributed by atoms with van der Waals surface area (Å²) >= 11 is 1.23. The average molecular weight is 450 g/mol. The van der Waals surface area contributed by atoms with Gasteiger partial charge in [-0.1, -0.05) is 24.3 Å². The van der Waals surface area contributed by atoms with Gasteiger partial charge in [-0.3, -0.25) is 20.0 Å². The van der Waals surface area contributed by atoms with E-state index in [0.717, 1.165) is 0 Å². The molecular formula is C21H18N6O4S. The molecule has 0 saturated carbocycles. The van der Waals surface area contributed by atoms with Gasteiger partial charge in [0.25, 0.3) is 5.69 Å². The van der Waals surface area contributed by atoms with Crippen molar-refractivity contribution < 1.29 is 9.66 Å². The summed E-state index contributed by atoms with van der Waals surface area (Å²) in [5, 5.41) is 24.4. The number of thiazole rings is 1. The first-order valence-corrected chi connectivity index (χ1v) is 10.5. The molecule has 0 bridgehead atoms. The molecule has 162 valence electrons. The van der Waals surface area contributed by atoms with Crippen LogP contribution in [-0.4, -0.2) is 26.3 Å². The summed E-state index contributed by atoms with van der Waals surface area (Å²) in [5.74, 6) is 0.578. The Kier molecular flexibility index (Phi) is 5.90. The molecule has 0 fully saturated rings. The average Bonchev–Trinajstić information content (AvgIpc) is 3.38. The van der Waals surface area contributed by atoms with E-state index in [1.54, 1.807) is 36.6 Å². The second kappa shape index (κ2) is 8.94. The normalized spacial score (nSPS) is 11.2. The summed E-state index contributed by atoms with van der Waals surface area (Å²) in [6.45, 7) is 4.08. The van der Waals surface area contributed by atoms with Crippen LogP contribution >= 0.6 is 11.3 Å². The van der Waals surface area contributed by atoms with Crippen LogP contribution in [0.5, 0.6) is 5.75 Å². The number of azo groups is 1. The van der Waals surface area contributed by atoms with Crippen molar-refractivity contribution in [2.24, 2.45) is 10.2 Å². The smallest absolute Gasteiger partial charge is 0.301 e. The van der Waals surface area contributed by atoms with E-state index in [0.29, 0.717) is 40.1 Å². The molecule has 2 aromatic carbocycles. The van der Waals surface area contributed by atoms with Crippen LogP contribution in [0.25, 0.3) is 16.4 Å². The molecule has 0 radical (unpaired) electrons. The van der Waals surface area contributed by atoms with Crippen LogP contribution in [0.3, 0.4) is 0 Å². The summed E-state index contributed by atoms with van der Waals surface area (Å²) in [6, 6.07) is 13.4. The molecule has 0 amide bonds. The SMILES string of the molecule is CCOc1ccccc1N=Nc1c(C)[nH]n(-c2nc(-c3cccc([N+](=O)[O-])c3)cs2)c1=O. The van der Waals surface area contributed by atoms with Gasteiger partial charge < -0.3 is 4.74 Å². The maximum absolute atomic E-state index is 12.9. The van der Waals surface area contributed by atoms with Crippen molar-refractivity contribution in [3.63, 3.8) is 0 Å². The van der Waals surface area contributed by atoms with Crippen molar-refractivity contribution in [1.29, 1.82) is 0 Å². The molecule has 4 aromatic rings. The molecular weight excluding hydrogens is 432 g/mol. The predicted molar refractivity (Wildman–Crippen MR) is 121 cm³/mol. The molecule has 0 aliphatic carbocycles. The molecule has 2 aromatic heterocycles. The van der Waals surface area contributed by atoms with Gasteiger partial charge in [-0.15, -0.1) is 21.6 Å². The van der Waals surface area contributed by atoms with Gasteiger partial charge in [0, 0.05) is 23.1 Å². The van der Waals surface area contributed by atoms with Crippen molar-refractivity contribution in [3.8, 4) is 22.1 Å². The number of aromatic nitrogens is 3. The highest BCUT2D eigenvalue weighted by molar-refractivity contribution is 7.12. The van der Waals surface area contributed by atoms with Crippen LogP contribution in [0.15, 0.2) is 68.9 Å². The van der Waals surface area contributed by atoms with Crippen LogP contribution in [0.4, 0.5) is 17.1 Å². The fraction of sp³-hybridized carbons (Fsp3) is 0.143. The number of ether oxygens (including phenoxy) is 1. The topological polar surface area (TPSA) is 128 Å². The number of aromatic amines is 1. The lowest BCUT2D eigenvalue weighted by Crippen LogP contribution is -2.13. The molecule has 2 heterocycles. The van der Waals surface area contributed by atoms with Gasteiger partial charge in [0.15, 0.2) is 5.69 Å². The lowest BCUT2D eigenvalue weighted by Gasteiger charge is -2.04. The van der Waals surface area contributed by atoms with Crippen molar-refractivity contribution in [1.82, 2.24) is 14.8 Å². The number of non-ortho nitro benzene ring substituents is 1. The van der Waals surface area contributed by atoms with Gasteiger partial charge in [-0.2, -0.15) is 4.68 Å². The first-order chi connectivity index (χ1) is 15.5. The van der Waals surface area contributed by atoms with E-state index in [4.69, 9.17) is 4.74 Å². The lowest BCUT2D eigenvalue weighted by molar-refractivity contribution is -0.384. The van der Waals surface area contributed by atoms with Crippen LogP contribution in [0.2, 0.25) is 0 Å². The highest BCUT2D eigenvalue weighted by atomic mass is 32.1. The van der Waals surface area contributed by atoms with E-state index in [1.807, 2.05) is 19.1 Å². The molecule has 32 heavy (non-hydrogen) atoms. The molecule has 0 aliphatic rings. The minimum Gasteiger partial charge on any atom is -0.492 e. The van der Waals surface area contributed by atoms with E-state index in [-0.39, 0.29) is 11.4 Å². The quantitative estimate of drug-likeness (QED) is 0.231. The number of benzene rings is 2. The maximum Gasteiger partial charge on any atom is 0.301 e. The Hall–Kier alpha value is -4.12. The number of nitro benzene ring substituents is 1. The molecule has 10 nitrogen and oxygen atoms in total. The minimum absolute atomic E-state index is 0.0278. The lowest BCUT2D eigenvalue weighted by atomic mass is 10.1. The third-order valence-electron chi connectivity index (χ3n) is 4.50. The molecule has 1 N–H and O–H groups in total. The highest BCUT2D eigenvalue weighted by Crippen LogP contribution is 2.30. The number of rotatable bonds is 7. The van der Waals surface area contributed by atoms with Crippen molar-refractivity contribution in [3.05, 3.63) is 80.1 Å². The Bertz CT molecular complexity index is 1370. The molecule has 4 rings (SSSR count). The fourth-order valence-electron chi connectivity index (χ4n) is 2.99. The zero-order valence-electron chi connectivity index (χ0n) is 17.2. The first-order valence-electron chi connectivity index (χ1n) is 9.64. The van der Waals surface area contributed by atoms with Crippen LogP contribution < -0.4 is 10.3 Å². The molecule has 0 spiro atoms. The summed E-state index contributed by atoms with van der Waals surface area (Å²) < 4.78 is 6.81. The Labute approximate surface area is 186 Å². The van der Waals surface area contributed by atoms with Gasteiger partial charge in [-0.25, -0.2) is 4.98 Å². The van der Waals surface area contributed by atoms with E-state index in [1.165, 1.54) is 28.2 Å². The van der Waals surface area contributed by atoms with Crippen molar-refractivity contribution >= 4 is 28.4 Å². The molecule has 0 saturated heterocycles. The number of aryl methyl sites for hydroxylation is 1. The Morgan fingerprint density at radius 1 is 1.22 bits per heavy atom. The Morgan fingerprint density at radius 3 is 2.81 bits per heavy atom. The van der Waals surface area contributed by atoms with E-state index in [2.05, 4.69) is 20.3 Å². The van der Waals surface area contributed by atoms with E-state index in [9.17, 15) is 14.9 Å². The number of nitrogens with one attached hydrogen (secondary N) is 1. The summed E-state index contributed by atoms with van der Waals surface area (Å²) in [5.41, 5.74) is 1.89. The van der Waals surface area contributed by atoms with Crippen LogP contribution in [0, 0.1) is 17.0 Å². The second-order valence-corrected chi connectivity index (χ2v) is 7.49. The van der Waals surface area contributed by atoms with Crippen molar-refractivity contribution in [2.45, 2.75) is 13.8 Å². The summed E-state index contributed by atoms with van der Waals surface area (Å²) in [4.78, 5) is 28.0. The Balaban J connectivity index is 1.65. The molecule has 0 aliphatic heterocycles. The van der Waals surface area contributed by atoms with Gasteiger partial charge in [0.05, 0.1) is 22.9 Å². The molecule has 0 unspecified atom stereocenters. The number of hydrogen-bond acceptors (Lipinski definition) is 8. The van der Waals surface area contributed by atoms with Crippen molar-refractivity contribution in [2.75, 3.05) is 6.61 Å². The molecule has 11 heteroatoms. The van der Waals surface area contributed by atoms with Gasteiger partial charge in [0.2, 0.25) is 5.13 Å². The minimum atomic E-state index is -0.462. The standard InChI is InChI=1S/C21H18N6O4S/c1-3-31-18-10-5-4-9-16(18)23-24-19-13(2)25-26(20(19)28)21-22-17(12-32-21)14-7-6-8-15(11-14)27(29)30/h4-12,25H,3H2,1-2H3. The zero-order valence-corrected chi connectivity index (χ0v) is 18.0. The molecule has 0 atom stereocenters. The number of para-hydroxylation sites is 1. The largest absolute Gasteiger partial charge is 0.492 e. The van der Waals surface area contributed by atoms with Gasteiger partial charge in [-0.05, 0) is 26.0 Å². The zero-order chi connectivity index (χ0) is 22.7. The third-order valence-corrected chi connectivity index (χ3v) is 5.33. The van der Waals surface area contributed by atoms with Gasteiger partial charge >= 0.3 is 5.56 Å². The van der Waals surface area contributed by atoms with Gasteiger partial charge in [0.1, 0.15) is 11.4 Å². The van der Waals surface area contributed by atoms with Crippen LogP contribution in [0.1, 0.15) is 12.6 Å². The Morgan fingerprint density at radius 2 is 2.03 bits per heavy atom. The monoisotopic (exact) mass is 450 g/mol. The number of nitro groups is 1. The number of hydrogen-bond donors (Lipinski definition) is 1. The summed E-state index contributed by atoms with van der Waals surface area (Å²) in [6.07, 6.45) is 0. The van der Waals surface area contributed by atoms with E-state index < -0.39 is 10.5 Å². The predicted octanol–water partition coefficient (Wildman–Crippen LogP) is 5.32. The second-order valence-electron chi connectivity index (χ2n) is 6.65. The number of nitrogens with zero attached hydrogens (tertiary/aromatic N) is 5. The maximum atomic E-state index is 12.9. The van der Waals surface area contributed by atoms with Crippen LogP contribution in [-0.2, 0) is 0 Å². The highest BCUT2D eigenvalue weighted by Gasteiger charge is 2.16. The fourth-order valence-corrected chi connectivity index (χ4v) is 3.78. The van der Waals surface area contributed by atoms with E-state index >= 15 is 0 Å². The number of H-pyrrole nitrogens is 1. The first kappa shape index (κ1) is 21.1.